The van der Waals surface area contributed by atoms with Gasteiger partial charge in [-0.2, -0.15) is 0 Å². The normalized spacial score (nSPS) is 11.1. The van der Waals surface area contributed by atoms with Gasteiger partial charge in [0.15, 0.2) is 0 Å². The molecular weight excluding hydrogens is 263 g/mol. The maximum atomic E-state index is 2.18. The summed E-state index contributed by atoms with van der Waals surface area (Å²) < 4.78 is 3.06. The first-order valence-electron chi connectivity index (χ1n) is 3.87. The van der Waals surface area contributed by atoms with E-state index in [0.29, 0.717) is 0 Å². The molecule has 12 heavy (non-hydrogen) atoms. The van der Waals surface area contributed by atoms with Crippen LogP contribution in [-0.4, -0.2) is 25.7 Å². The Bertz CT molecular complexity index is 238. The van der Waals surface area contributed by atoms with E-state index >= 15 is 0 Å². The number of hydrogen-bond acceptors (Lipinski definition) is 0. The van der Waals surface area contributed by atoms with Crippen LogP contribution < -0.4 is 28.5 Å². The van der Waals surface area contributed by atoms with E-state index in [0.717, 1.165) is 4.48 Å². The van der Waals surface area contributed by atoms with Crippen molar-refractivity contribution in [3.05, 3.63) is 17.8 Å². The van der Waals surface area contributed by atoms with Crippen molar-refractivity contribution >= 4 is 5.82 Å². The molecule has 0 fully saturated rings. The van der Waals surface area contributed by atoms with Crippen LogP contribution in [0.25, 0.3) is 0 Å². The number of quaternary nitrogens is 1. The number of nitrogens with zero attached hydrogens (tertiary/aromatic N) is 2. The summed E-state index contributed by atoms with van der Waals surface area (Å²) in [4.78, 5) is 0. The van der Waals surface area contributed by atoms with E-state index in [9.17, 15) is 0 Å². The second-order valence-electron chi connectivity index (χ2n) is 3.95. The van der Waals surface area contributed by atoms with Gasteiger partial charge in [0.25, 0.3) is 0 Å². The molecule has 0 aliphatic carbocycles. The van der Waals surface area contributed by atoms with Crippen molar-refractivity contribution in [1.82, 2.24) is 9.05 Å². The summed E-state index contributed by atoms with van der Waals surface area (Å²) in [6.45, 7) is 2.15. The lowest BCUT2D eigenvalue weighted by molar-refractivity contribution is -0.00000278. The molecule has 2 nitrogen and oxygen atoms in total. The fourth-order valence-corrected chi connectivity index (χ4v) is 1.65. The Hall–Kier alpha value is -0.0300. The topological polar surface area (TPSA) is 4.93 Å². The van der Waals surface area contributed by atoms with Crippen LogP contribution in [0.4, 0.5) is 5.82 Å². The number of hydrogen-bond donors (Lipinski definition) is 0. The molecule has 1 heterocycles. The predicted molar refractivity (Wildman–Crippen MR) is 49.7 cm³/mol. The Morgan fingerprint density at radius 2 is 1.75 bits per heavy atom. The molecule has 70 valence electrons. The molecule has 0 atom stereocenters. The molecule has 0 spiro atoms. The molecule has 0 saturated heterocycles. The molecule has 3 heteroatoms. The third kappa shape index (κ3) is 2.23. The smallest absolute Gasteiger partial charge is 0.210 e. The molecule has 0 saturated carbocycles. The average Bonchev–Trinajstić information content (AvgIpc) is 2.08. The first kappa shape index (κ1) is 12.0. The lowest BCUT2D eigenvalue weighted by atomic mass is 10.3. The number of halogens is 1. The van der Waals surface area contributed by atoms with E-state index in [2.05, 4.69) is 51.9 Å². The third-order valence-corrected chi connectivity index (χ3v) is 1.87. The van der Waals surface area contributed by atoms with Crippen LogP contribution in [0.3, 0.4) is 0 Å². The predicted octanol–water partition coefficient (Wildman–Crippen LogP) is -1.47. The summed E-state index contributed by atoms with van der Waals surface area (Å²) in [7, 11) is 8.64. The highest BCUT2D eigenvalue weighted by atomic mass is 127. The van der Waals surface area contributed by atoms with Crippen molar-refractivity contribution in [2.45, 2.75) is 6.92 Å². The van der Waals surface area contributed by atoms with Crippen molar-refractivity contribution in [1.29, 1.82) is 0 Å². The summed E-state index contributed by atoms with van der Waals surface area (Å²) in [5.74, 6) is 1.37. The number of rotatable bonds is 1. The Kier molecular flexibility index (Phi) is 3.78. The molecule has 1 aromatic heterocycles. The maximum absolute atomic E-state index is 2.18. The summed E-state index contributed by atoms with van der Waals surface area (Å²) in [5, 5.41) is 0. The molecule has 0 aliphatic rings. The molecule has 0 radical (unpaired) electrons. The summed E-state index contributed by atoms with van der Waals surface area (Å²) in [5.41, 5.74) is 1.36. The van der Waals surface area contributed by atoms with Gasteiger partial charge < -0.3 is 28.5 Å². The van der Waals surface area contributed by atoms with Crippen LogP contribution in [0.15, 0.2) is 12.3 Å². The Balaban J connectivity index is 0.00000121. The molecule has 1 aromatic rings. The molecule has 0 aliphatic heterocycles. The van der Waals surface area contributed by atoms with E-state index in [-0.39, 0.29) is 24.0 Å². The lowest BCUT2D eigenvalue weighted by Crippen LogP contribution is -3.00. The minimum absolute atomic E-state index is 0. The maximum Gasteiger partial charge on any atom is 0.210 e. The molecule has 0 amide bonds. The van der Waals surface area contributed by atoms with E-state index in [1.54, 1.807) is 0 Å². The van der Waals surface area contributed by atoms with Gasteiger partial charge in [-0.15, -0.1) is 0 Å². The van der Waals surface area contributed by atoms with Gasteiger partial charge >= 0.3 is 0 Å². The van der Waals surface area contributed by atoms with Crippen LogP contribution in [0.5, 0.6) is 0 Å². The molecule has 1 rings (SSSR count). The highest BCUT2D eigenvalue weighted by Gasteiger charge is 2.18. The number of aromatic nitrogens is 1. The lowest BCUT2D eigenvalue weighted by Gasteiger charge is -2.24. The van der Waals surface area contributed by atoms with Crippen molar-refractivity contribution < 1.29 is 24.0 Å². The fourth-order valence-electron chi connectivity index (χ4n) is 1.65. The van der Waals surface area contributed by atoms with Crippen LogP contribution in [0.2, 0.25) is 0 Å². The summed E-state index contributed by atoms with van der Waals surface area (Å²) in [6, 6.07) is 2.15. The van der Waals surface area contributed by atoms with Crippen LogP contribution in [0, 0.1) is 6.92 Å². The molecule has 0 unspecified atom stereocenters. The van der Waals surface area contributed by atoms with Gasteiger partial charge in [0.1, 0.15) is 0 Å². The van der Waals surface area contributed by atoms with Crippen LogP contribution in [0.1, 0.15) is 5.56 Å². The van der Waals surface area contributed by atoms with Crippen molar-refractivity contribution in [2.75, 3.05) is 21.1 Å². The molecule has 0 aromatic carbocycles. The largest absolute Gasteiger partial charge is 1.00 e. The second-order valence-corrected chi connectivity index (χ2v) is 3.95. The highest BCUT2D eigenvalue weighted by molar-refractivity contribution is 5.43. The zero-order valence-corrected chi connectivity index (χ0v) is 10.6. The quantitative estimate of drug-likeness (QED) is 0.437. The van der Waals surface area contributed by atoms with Gasteiger partial charge in [0.2, 0.25) is 5.82 Å². The van der Waals surface area contributed by atoms with Gasteiger partial charge in [-0.1, -0.05) is 0 Å². The van der Waals surface area contributed by atoms with Crippen molar-refractivity contribution in [3.8, 4) is 0 Å². The fraction of sp³-hybridized carbons (Fsp3) is 0.556. The Morgan fingerprint density at radius 1 is 1.25 bits per heavy atom. The molecular formula is C9H17IN2. The zero-order valence-electron chi connectivity index (χ0n) is 8.43. The monoisotopic (exact) mass is 280 g/mol. The van der Waals surface area contributed by atoms with E-state index in [1.165, 1.54) is 11.4 Å². The van der Waals surface area contributed by atoms with Gasteiger partial charge in [-0.05, 0) is 13.0 Å². The van der Waals surface area contributed by atoms with E-state index in [4.69, 9.17) is 0 Å². The average molecular weight is 280 g/mol. The molecule has 0 bridgehead atoms. The van der Waals surface area contributed by atoms with Crippen molar-refractivity contribution in [2.24, 2.45) is 7.05 Å². The standard InChI is InChI=1S/C9H17N2.HI/c1-8-6-7-10(2)9(8)11(3,4)5;/h6-7H,1-5H3;1H/q+1;/p-1. The summed E-state index contributed by atoms with van der Waals surface area (Å²) >= 11 is 0. The second kappa shape index (κ2) is 3.79. The van der Waals surface area contributed by atoms with E-state index < -0.39 is 0 Å². The van der Waals surface area contributed by atoms with Crippen LogP contribution >= 0.6 is 0 Å². The Morgan fingerprint density at radius 3 is 1.92 bits per heavy atom. The van der Waals surface area contributed by atoms with Gasteiger partial charge in [-0.25, -0.2) is 0 Å². The first-order valence-corrected chi connectivity index (χ1v) is 3.87. The van der Waals surface area contributed by atoms with Crippen LogP contribution in [-0.2, 0) is 7.05 Å². The molecule has 0 N–H and O–H groups in total. The minimum Gasteiger partial charge on any atom is -1.00 e. The third-order valence-electron chi connectivity index (χ3n) is 1.87. The van der Waals surface area contributed by atoms with Gasteiger partial charge in [0, 0.05) is 18.8 Å². The SMILES string of the molecule is Cc1ccn(C)c1[N+](C)(C)C.[I-]. The zero-order chi connectivity index (χ0) is 8.65. The van der Waals surface area contributed by atoms with Crippen molar-refractivity contribution in [3.63, 3.8) is 0 Å². The van der Waals surface area contributed by atoms with Gasteiger partial charge in [0.05, 0.1) is 21.1 Å². The summed E-state index contributed by atoms with van der Waals surface area (Å²) in [6.07, 6.45) is 2.11. The van der Waals surface area contributed by atoms with Gasteiger partial charge in [-0.3, -0.25) is 4.48 Å². The highest BCUT2D eigenvalue weighted by Crippen LogP contribution is 2.21. The first-order chi connectivity index (χ1) is 4.93. The Labute approximate surface area is 91.8 Å². The number of aryl methyl sites for hydroxylation is 2. The minimum atomic E-state index is 0. The van der Waals surface area contributed by atoms with E-state index in [1.807, 2.05) is 0 Å².